The third-order valence-corrected chi connectivity index (χ3v) is 4.12. The number of hydrogen-bond donors (Lipinski definition) is 1. The van der Waals surface area contributed by atoms with Gasteiger partial charge in [0.25, 0.3) is 0 Å². The summed E-state index contributed by atoms with van der Waals surface area (Å²) >= 11 is 0. The largest absolute Gasteiger partial charge is 0.488 e. The van der Waals surface area contributed by atoms with Crippen LogP contribution < -0.4 is 5.73 Å². The Morgan fingerprint density at radius 2 is 2.00 bits per heavy atom. The van der Waals surface area contributed by atoms with Crippen molar-refractivity contribution in [1.82, 2.24) is 4.90 Å². The first-order valence-corrected chi connectivity index (χ1v) is 7.94. The molecule has 1 rings (SSSR count). The van der Waals surface area contributed by atoms with Gasteiger partial charge < -0.3 is 20.1 Å². The van der Waals surface area contributed by atoms with E-state index in [0.29, 0.717) is 12.6 Å². The SMILES string of the molecule is C=C(C=C(OC1CCC(N)CC1)C(C)=NC)N(C)CCOC. The van der Waals surface area contributed by atoms with Crippen molar-refractivity contribution in [3.8, 4) is 0 Å². The number of methoxy groups -OCH3 is 1. The Morgan fingerprint density at radius 3 is 2.55 bits per heavy atom. The second-order valence-corrected chi connectivity index (χ2v) is 5.88. The van der Waals surface area contributed by atoms with Crippen LogP contribution in [0.2, 0.25) is 0 Å². The second-order valence-electron chi connectivity index (χ2n) is 5.88. The van der Waals surface area contributed by atoms with E-state index in [1.165, 1.54) is 0 Å². The van der Waals surface area contributed by atoms with Crippen LogP contribution in [-0.4, -0.2) is 57.1 Å². The highest BCUT2D eigenvalue weighted by Gasteiger charge is 2.21. The molecule has 0 saturated heterocycles. The minimum atomic E-state index is 0.222. The standard InChI is InChI=1S/C17H31N3O2/c1-13(20(4)10-11-21-5)12-17(14(2)19-3)22-16-8-6-15(18)7-9-16/h12,15-16H,1,6-11,18H2,2-5H3. The van der Waals surface area contributed by atoms with Crippen molar-refractivity contribution in [2.24, 2.45) is 10.7 Å². The van der Waals surface area contributed by atoms with Gasteiger partial charge in [0, 0.05) is 45.6 Å². The van der Waals surface area contributed by atoms with E-state index < -0.39 is 0 Å². The van der Waals surface area contributed by atoms with Crippen LogP contribution in [-0.2, 0) is 9.47 Å². The predicted molar refractivity (Wildman–Crippen MR) is 92.1 cm³/mol. The molecule has 1 aliphatic rings. The summed E-state index contributed by atoms with van der Waals surface area (Å²) in [5.41, 5.74) is 7.73. The number of nitrogens with zero attached hydrogens (tertiary/aromatic N) is 2. The summed E-state index contributed by atoms with van der Waals surface area (Å²) < 4.78 is 11.3. The summed E-state index contributed by atoms with van der Waals surface area (Å²) in [5.74, 6) is 0.803. The maximum absolute atomic E-state index is 6.17. The van der Waals surface area contributed by atoms with Gasteiger partial charge in [0.2, 0.25) is 0 Å². The molecule has 0 radical (unpaired) electrons. The number of hydrogen-bond acceptors (Lipinski definition) is 5. The molecule has 0 heterocycles. The minimum absolute atomic E-state index is 0.222. The topological polar surface area (TPSA) is 60.1 Å². The molecule has 5 nitrogen and oxygen atoms in total. The number of nitrogens with two attached hydrogens (primary N) is 1. The lowest BCUT2D eigenvalue weighted by Gasteiger charge is -2.28. The van der Waals surface area contributed by atoms with Crippen LogP contribution >= 0.6 is 0 Å². The molecule has 22 heavy (non-hydrogen) atoms. The molecule has 126 valence electrons. The highest BCUT2D eigenvalue weighted by atomic mass is 16.5. The van der Waals surface area contributed by atoms with Gasteiger partial charge in [-0.2, -0.15) is 0 Å². The van der Waals surface area contributed by atoms with Crippen molar-refractivity contribution in [3.63, 3.8) is 0 Å². The van der Waals surface area contributed by atoms with E-state index in [1.807, 2.05) is 24.9 Å². The van der Waals surface area contributed by atoms with Crippen LogP contribution in [0.5, 0.6) is 0 Å². The van der Waals surface area contributed by atoms with Gasteiger partial charge in [-0.3, -0.25) is 4.99 Å². The van der Waals surface area contributed by atoms with Gasteiger partial charge in [0.1, 0.15) is 5.76 Å². The highest BCUT2D eigenvalue weighted by Crippen LogP contribution is 2.23. The first-order chi connectivity index (χ1) is 10.5. The van der Waals surface area contributed by atoms with E-state index >= 15 is 0 Å². The molecule has 0 aromatic carbocycles. The number of ether oxygens (including phenoxy) is 2. The van der Waals surface area contributed by atoms with Crippen LogP contribution in [0.1, 0.15) is 32.6 Å². The number of likely N-dealkylation sites (N-methyl/N-ethyl adjacent to an activating group) is 1. The van der Waals surface area contributed by atoms with Gasteiger partial charge >= 0.3 is 0 Å². The van der Waals surface area contributed by atoms with Crippen LogP contribution in [0.3, 0.4) is 0 Å². The van der Waals surface area contributed by atoms with Gasteiger partial charge in [-0.25, -0.2) is 0 Å². The molecule has 0 aromatic heterocycles. The fourth-order valence-electron chi connectivity index (χ4n) is 2.35. The van der Waals surface area contributed by atoms with E-state index in [-0.39, 0.29) is 6.10 Å². The molecule has 1 fully saturated rings. The average molecular weight is 309 g/mol. The molecule has 5 heteroatoms. The van der Waals surface area contributed by atoms with Gasteiger partial charge in [-0.05, 0) is 32.6 Å². The number of allylic oxidation sites excluding steroid dienone is 2. The molecular formula is C17H31N3O2. The van der Waals surface area contributed by atoms with Crippen molar-refractivity contribution >= 4 is 5.71 Å². The van der Waals surface area contributed by atoms with E-state index in [9.17, 15) is 0 Å². The Labute approximate surface area is 134 Å². The lowest BCUT2D eigenvalue weighted by molar-refractivity contribution is 0.0882. The molecular weight excluding hydrogens is 278 g/mol. The maximum Gasteiger partial charge on any atom is 0.142 e. The van der Waals surface area contributed by atoms with Gasteiger partial charge in [-0.15, -0.1) is 0 Å². The number of aliphatic imine (C=N–C) groups is 1. The molecule has 1 aliphatic carbocycles. The molecule has 0 unspecified atom stereocenters. The summed E-state index contributed by atoms with van der Waals surface area (Å²) in [4.78, 5) is 6.31. The second kappa shape index (κ2) is 9.64. The zero-order chi connectivity index (χ0) is 16.5. The average Bonchev–Trinajstić information content (AvgIpc) is 2.52. The van der Waals surface area contributed by atoms with E-state index in [2.05, 4.69) is 11.6 Å². The summed E-state index contributed by atoms with van der Waals surface area (Å²) in [5, 5.41) is 0. The lowest BCUT2D eigenvalue weighted by atomic mass is 9.93. The molecule has 0 atom stereocenters. The molecule has 0 aromatic rings. The summed E-state index contributed by atoms with van der Waals surface area (Å²) in [6.07, 6.45) is 6.24. The monoisotopic (exact) mass is 309 g/mol. The van der Waals surface area contributed by atoms with Crippen molar-refractivity contribution in [2.45, 2.75) is 44.8 Å². The Hall–Kier alpha value is -1.33. The smallest absolute Gasteiger partial charge is 0.142 e. The fraction of sp³-hybridized carbons (Fsp3) is 0.706. The van der Waals surface area contributed by atoms with E-state index in [4.69, 9.17) is 15.2 Å². The Kier molecular flexibility index (Phi) is 8.20. The zero-order valence-electron chi connectivity index (χ0n) is 14.5. The van der Waals surface area contributed by atoms with E-state index in [0.717, 1.165) is 49.4 Å². The lowest BCUT2D eigenvalue weighted by Crippen LogP contribution is -2.30. The van der Waals surface area contributed by atoms with Crippen molar-refractivity contribution in [2.75, 3.05) is 34.4 Å². The summed E-state index contributed by atoms with van der Waals surface area (Å²) in [7, 11) is 5.47. The Morgan fingerprint density at radius 1 is 1.36 bits per heavy atom. The molecule has 0 bridgehead atoms. The molecule has 2 N–H and O–H groups in total. The fourth-order valence-corrected chi connectivity index (χ4v) is 2.35. The van der Waals surface area contributed by atoms with Crippen molar-refractivity contribution in [1.29, 1.82) is 0 Å². The van der Waals surface area contributed by atoms with Crippen molar-refractivity contribution < 1.29 is 9.47 Å². The molecule has 1 saturated carbocycles. The summed E-state index contributed by atoms with van der Waals surface area (Å²) in [6, 6.07) is 0.323. The first-order valence-electron chi connectivity index (χ1n) is 7.94. The molecule has 0 spiro atoms. The maximum atomic E-state index is 6.17. The third-order valence-electron chi connectivity index (χ3n) is 4.12. The molecule has 0 amide bonds. The van der Waals surface area contributed by atoms with E-state index in [1.54, 1.807) is 14.2 Å². The molecule has 0 aliphatic heterocycles. The van der Waals surface area contributed by atoms with Crippen LogP contribution in [0.25, 0.3) is 0 Å². The van der Waals surface area contributed by atoms with Gasteiger partial charge in [0.15, 0.2) is 0 Å². The first kappa shape index (κ1) is 18.7. The summed E-state index contributed by atoms with van der Waals surface area (Å²) in [6.45, 7) is 7.53. The Bertz CT molecular complexity index is 410. The zero-order valence-corrected chi connectivity index (χ0v) is 14.5. The predicted octanol–water partition coefficient (Wildman–Crippen LogP) is 2.34. The number of rotatable bonds is 8. The van der Waals surface area contributed by atoms with Crippen LogP contribution in [0.15, 0.2) is 29.1 Å². The Balaban J connectivity index is 2.71. The quantitative estimate of drug-likeness (QED) is 0.425. The minimum Gasteiger partial charge on any atom is -0.488 e. The third kappa shape index (κ3) is 6.20. The highest BCUT2D eigenvalue weighted by molar-refractivity contribution is 5.96. The van der Waals surface area contributed by atoms with Gasteiger partial charge in [0.05, 0.1) is 18.4 Å². The van der Waals surface area contributed by atoms with Crippen LogP contribution in [0.4, 0.5) is 0 Å². The van der Waals surface area contributed by atoms with Crippen LogP contribution in [0, 0.1) is 0 Å². The van der Waals surface area contributed by atoms with Crippen molar-refractivity contribution in [3.05, 3.63) is 24.1 Å². The van der Waals surface area contributed by atoms with Gasteiger partial charge in [-0.1, -0.05) is 6.58 Å². The normalized spacial score (nSPS) is 23.3.